The monoisotopic (exact) mass is 253 g/mol. The molecule has 0 amide bonds. The summed E-state index contributed by atoms with van der Waals surface area (Å²) in [5.74, 6) is 0.700. The lowest BCUT2D eigenvalue weighted by Crippen LogP contribution is -2.05. The Bertz CT molecular complexity index is 590. The smallest absolute Gasteiger partial charge is 0.142 e. The van der Waals surface area contributed by atoms with Gasteiger partial charge in [0.15, 0.2) is 0 Å². The highest BCUT2D eigenvalue weighted by Crippen LogP contribution is 2.12. The average molecular weight is 253 g/mol. The first-order valence-electron chi connectivity index (χ1n) is 6.00. The van der Waals surface area contributed by atoms with Crippen molar-refractivity contribution in [1.82, 2.24) is 4.98 Å². The number of anilines is 1. The van der Waals surface area contributed by atoms with E-state index >= 15 is 0 Å². The third-order valence-corrected chi connectivity index (χ3v) is 2.74. The predicted octanol–water partition coefficient (Wildman–Crippen LogP) is 2.71. The van der Waals surface area contributed by atoms with Gasteiger partial charge in [0.1, 0.15) is 17.6 Å². The summed E-state index contributed by atoms with van der Waals surface area (Å²) in [5, 5.41) is 12.0. The maximum Gasteiger partial charge on any atom is 0.142 e. The van der Waals surface area contributed by atoms with Crippen LogP contribution in [0.1, 0.15) is 16.8 Å². The number of nitrogens with one attached hydrogen (secondary N) is 1. The van der Waals surface area contributed by atoms with Crippen molar-refractivity contribution in [3.05, 3.63) is 59.3 Å². The zero-order valence-electron chi connectivity index (χ0n) is 10.8. The molecule has 0 atom stereocenters. The Morgan fingerprint density at radius 3 is 2.68 bits per heavy atom. The Balaban J connectivity index is 2.08. The molecule has 0 radical (unpaired) electrons. The number of nitriles is 1. The standard InChI is InChI=1S/C15H15N3O/c1-19-11-13-6-3-2-5-12(13)10-17-15-8-4-7-14(9-16)18-15/h2-8H,10-11H2,1H3,(H,17,18). The lowest BCUT2D eigenvalue weighted by Gasteiger charge is -2.10. The van der Waals surface area contributed by atoms with Gasteiger partial charge in [-0.2, -0.15) is 5.26 Å². The molecule has 2 aromatic rings. The van der Waals surface area contributed by atoms with Crippen molar-refractivity contribution in [2.75, 3.05) is 12.4 Å². The second kappa shape index (κ2) is 6.53. The summed E-state index contributed by atoms with van der Waals surface area (Å²) >= 11 is 0. The van der Waals surface area contributed by atoms with Crippen molar-refractivity contribution in [3.8, 4) is 6.07 Å². The van der Waals surface area contributed by atoms with Crippen LogP contribution in [0.5, 0.6) is 0 Å². The van der Waals surface area contributed by atoms with E-state index in [-0.39, 0.29) is 0 Å². The molecule has 0 aliphatic heterocycles. The van der Waals surface area contributed by atoms with Crippen LogP contribution in [0.25, 0.3) is 0 Å². The lowest BCUT2D eigenvalue weighted by molar-refractivity contribution is 0.184. The number of methoxy groups -OCH3 is 1. The van der Waals surface area contributed by atoms with Gasteiger partial charge in [-0.25, -0.2) is 4.98 Å². The van der Waals surface area contributed by atoms with Crippen molar-refractivity contribution in [1.29, 1.82) is 5.26 Å². The zero-order valence-corrected chi connectivity index (χ0v) is 10.8. The fourth-order valence-corrected chi connectivity index (χ4v) is 1.81. The van der Waals surface area contributed by atoms with Gasteiger partial charge >= 0.3 is 0 Å². The van der Waals surface area contributed by atoms with Gasteiger partial charge in [-0.05, 0) is 23.3 Å². The minimum Gasteiger partial charge on any atom is -0.380 e. The Kier molecular flexibility index (Phi) is 4.49. The topological polar surface area (TPSA) is 57.9 Å². The van der Waals surface area contributed by atoms with Crippen molar-refractivity contribution >= 4 is 5.82 Å². The van der Waals surface area contributed by atoms with E-state index in [1.165, 1.54) is 0 Å². The molecule has 4 heteroatoms. The first-order valence-corrected chi connectivity index (χ1v) is 6.00. The first kappa shape index (κ1) is 13.1. The molecule has 0 saturated carbocycles. The van der Waals surface area contributed by atoms with Crippen LogP contribution in [0.3, 0.4) is 0 Å². The summed E-state index contributed by atoms with van der Waals surface area (Å²) in [4.78, 5) is 4.18. The summed E-state index contributed by atoms with van der Waals surface area (Å²) in [6, 6.07) is 15.5. The first-order chi connectivity index (χ1) is 9.33. The highest BCUT2D eigenvalue weighted by molar-refractivity contribution is 5.40. The Morgan fingerprint density at radius 2 is 1.95 bits per heavy atom. The second-order valence-corrected chi connectivity index (χ2v) is 4.08. The molecular formula is C15H15N3O. The highest BCUT2D eigenvalue weighted by Gasteiger charge is 2.02. The minimum absolute atomic E-state index is 0.412. The van der Waals surface area contributed by atoms with Gasteiger partial charge in [0.05, 0.1) is 6.61 Å². The summed E-state index contributed by atoms with van der Waals surface area (Å²) in [7, 11) is 1.68. The molecule has 96 valence electrons. The molecule has 0 spiro atoms. The van der Waals surface area contributed by atoms with Crippen LogP contribution >= 0.6 is 0 Å². The van der Waals surface area contributed by atoms with Crippen LogP contribution in [0.15, 0.2) is 42.5 Å². The lowest BCUT2D eigenvalue weighted by atomic mass is 10.1. The number of nitrogens with zero attached hydrogens (tertiary/aromatic N) is 2. The van der Waals surface area contributed by atoms with Crippen LogP contribution in [0.4, 0.5) is 5.82 Å². The fourth-order valence-electron chi connectivity index (χ4n) is 1.81. The van der Waals surface area contributed by atoms with E-state index in [9.17, 15) is 0 Å². The number of aromatic nitrogens is 1. The van der Waals surface area contributed by atoms with Crippen LogP contribution in [-0.2, 0) is 17.9 Å². The number of benzene rings is 1. The largest absolute Gasteiger partial charge is 0.380 e. The van der Waals surface area contributed by atoms with Gasteiger partial charge in [-0.3, -0.25) is 0 Å². The fraction of sp³-hybridized carbons (Fsp3) is 0.200. The van der Waals surface area contributed by atoms with Crippen molar-refractivity contribution in [2.24, 2.45) is 0 Å². The van der Waals surface area contributed by atoms with Gasteiger partial charge in [-0.1, -0.05) is 30.3 Å². The van der Waals surface area contributed by atoms with Crippen molar-refractivity contribution < 1.29 is 4.74 Å². The van der Waals surface area contributed by atoms with E-state index < -0.39 is 0 Å². The quantitative estimate of drug-likeness (QED) is 0.890. The molecule has 1 heterocycles. The van der Waals surface area contributed by atoms with Gasteiger partial charge in [0.2, 0.25) is 0 Å². The van der Waals surface area contributed by atoms with Crippen LogP contribution in [-0.4, -0.2) is 12.1 Å². The van der Waals surface area contributed by atoms with E-state index in [0.29, 0.717) is 24.7 Å². The summed E-state index contributed by atoms with van der Waals surface area (Å²) in [6.45, 7) is 1.24. The van der Waals surface area contributed by atoms with Crippen molar-refractivity contribution in [3.63, 3.8) is 0 Å². The predicted molar refractivity (Wildman–Crippen MR) is 73.4 cm³/mol. The van der Waals surface area contributed by atoms with Crippen LogP contribution in [0.2, 0.25) is 0 Å². The van der Waals surface area contributed by atoms with E-state index in [2.05, 4.69) is 16.4 Å². The number of hydrogen-bond donors (Lipinski definition) is 1. The molecule has 2 rings (SSSR count). The van der Waals surface area contributed by atoms with E-state index in [4.69, 9.17) is 10.00 Å². The molecule has 0 aliphatic rings. The maximum atomic E-state index is 8.80. The third kappa shape index (κ3) is 3.54. The molecule has 1 aromatic heterocycles. The van der Waals surface area contributed by atoms with Crippen molar-refractivity contribution in [2.45, 2.75) is 13.2 Å². The van der Waals surface area contributed by atoms with E-state index in [1.54, 1.807) is 13.2 Å². The number of rotatable bonds is 5. The normalized spacial score (nSPS) is 9.89. The van der Waals surface area contributed by atoms with Gasteiger partial charge in [0.25, 0.3) is 0 Å². The maximum absolute atomic E-state index is 8.80. The second-order valence-electron chi connectivity index (χ2n) is 4.08. The number of hydrogen-bond acceptors (Lipinski definition) is 4. The van der Waals surface area contributed by atoms with Gasteiger partial charge in [-0.15, -0.1) is 0 Å². The minimum atomic E-state index is 0.412. The van der Waals surface area contributed by atoms with E-state index in [1.807, 2.05) is 36.4 Å². The van der Waals surface area contributed by atoms with E-state index in [0.717, 1.165) is 11.1 Å². The Hall–Kier alpha value is -2.38. The summed E-state index contributed by atoms with van der Waals surface area (Å²) < 4.78 is 5.17. The number of ether oxygens (including phenoxy) is 1. The zero-order chi connectivity index (χ0) is 13.5. The third-order valence-electron chi connectivity index (χ3n) is 2.74. The molecule has 0 aliphatic carbocycles. The van der Waals surface area contributed by atoms with Gasteiger partial charge in [0, 0.05) is 13.7 Å². The molecule has 1 N–H and O–H groups in total. The summed E-state index contributed by atoms with van der Waals surface area (Å²) in [5.41, 5.74) is 2.72. The highest BCUT2D eigenvalue weighted by atomic mass is 16.5. The molecule has 4 nitrogen and oxygen atoms in total. The number of pyridine rings is 1. The molecule has 19 heavy (non-hydrogen) atoms. The SMILES string of the molecule is COCc1ccccc1CNc1cccc(C#N)n1. The molecular weight excluding hydrogens is 238 g/mol. The molecule has 0 fully saturated rings. The molecule has 0 unspecified atom stereocenters. The molecule has 0 bridgehead atoms. The van der Waals surface area contributed by atoms with Gasteiger partial charge < -0.3 is 10.1 Å². The Labute approximate surface area is 112 Å². The Morgan fingerprint density at radius 1 is 1.16 bits per heavy atom. The average Bonchev–Trinajstić information content (AvgIpc) is 2.47. The van der Waals surface area contributed by atoms with Crippen LogP contribution in [0, 0.1) is 11.3 Å². The molecule has 0 saturated heterocycles. The van der Waals surface area contributed by atoms with Crippen LogP contribution < -0.4 is 5.32 Å². The molecule has 1 aromatic carbocycles. The summed E-state index contributed by atoms with van der Waals surface area (Å²) in [6.07, 6.45) is 0.